The lowest BCUT2D eigenvalue weighted by Gasteiger charge is -1.94. The summed E-state index contributed by atoms with van der Waals surface area (Å²) in [6.07, 6.45) is 0. The maximum atomic E-state index is 9.06. The molecule has 1 aromatic carbocycles. The van der Waals surface area contributed by atoms with E-state index in [0.717, 1.165) is 5.39 Å². The molecule has 0 radical (unpaired) electrons. The molecule has 0 atom stereocenters. The van der Waals surface area contributed by atoms with Gasteiger partial charge in [0.1, 0.15) is 11.2 Å². The summed E-state index contributed by atoms with van der Waals surface area (Å²) in [7, 11) is -1.42. The van der Waals surface area contributed by atoms with Gasteiger partial charge in [-0.25, -0.2) is 0 Å². The van der Waals surface area contributed by atoms with E-state index in [1.807, 2.05) is 18.2 Å². The zero-order chi connectivity index (χ0) is 9.26. The van der Waals surface area contributed by atoms with E-state index < -0.39 is 7.12 Å². The molecule has 0 aliphatic carbocycles. The molecule has 0 aliphatic rings. The van der Waals surface area contributed by atoms with E-state index in [2.05, 4.69) is 4.81 Å². The van der Waals surface area contributed by atoms with Crippen LogP contribution in [0.3, 0.4) is 0 Å². The lowest BCUT2D eigenvalue weighted by Crippen LogP contribution is -2.31. The molecule has 0 aliphatic heterocycles. The quantitative estimate of drug-likeness (QED) is 0.401. The molecule has 0 bridgehead atoms. The Morgan fingerprint density at radius 1 is 1.31 bits per heavy atom. The Labute approximate surface area is 74.4 Å². The van der Waals surface area contributed by atoms with Crippen molar-refractivity contribution in [3.8, 4) is 0 Å². The second-order valence-electron chi connectivity index (χ2n) is 2.64. The minimum Gasteiger partial charge on any atom is -0.465 e. The van der Waals surface area contributed by atoms with Crippen LogP contribution in [0, 0.1) is 0 Å². The van der Waals surface area contributed by atoms with Crippen molar-refractivity contribution in [1.82, 2.24) is 0 Å². The number of furan rings is 1. The average molecular weight is 178 g/mol. The average Bonchev–Trinajstić information content (AvgIpc) is 2.59. The van der Waals surface area contributed by atoms with Crippen molar-refractivity contribution in [2.75, 3.05) is 0 Å². The van der Waals surface area contributed by atoms with Crippen LogP contribution in [0.1, 0.15) is 0 Å². The monoisotopic (exact) mass is 178 g/mol. The molecule has 1 heterocycles. The normalized spacial score (nSPS) is 10.6. The zero-order valence-electron chi connectivity index (χ0n) is 6.68. The van der Waals surface area contributed by atoms with Gasteiger partial charge in [0.15, 0.2) is 0 Å². The van der Waals surface area contributed by atoms with Crippen LogP contribution in [0.4, 0.5) is 0 Å². The van der Waals surface area contributed by atoms with Crippen molar-refractivity contribution in [3.05, 3.63) is 30.3 Å². The Bertz CT molecular complexity index is 378. The molecule has 0 spiro atoms. The highest BCUT2D eigenvalue weighted by Gasteiger charge is 2.21. The van der Waals surface area contributed by atoms with Crippen LogP contribution in [0.15, 0.2) is 34.7 Å². The first-order valence-corrected chi connectivity index (χ1v) is 3.78. The van der Waals surface area contributed by atoms with E-state index in [9.17, 15) is 0 Å². The van der Waals surface area contributed by atoms with Crippen LogP contribution in [0.25, 0.3) is 11.0 Å². The molecule has 0 saturated heterocycles. The van der Waals surface area contributed by atoms with Crippen molar-refractivity contribution in [2.45, 2.75) is 0 Å². The summed E-state index contributed by atoms with van der Waals surface area (Å²) in [5.41, 5.74) is 0.831. The fourth-order valence-corrected chi connectivity index (χ4v) is 1.18. The SMILES string of the molecule is OOB(O)c1cc2ccccc2o1. The van der Waals surface area contributed by atoms with Gasteiger partial charge in [0.2, 0.25) is 0 Å². The summed E-state index contributed by atoms with van der Waals surface area (Å²) in [4.78, 5) is 3.73. The predicted molar refractivity (Wildman–Crippen MR) is 47.5 cm³/mol. The largest absolute Gasteiger partial charge is 0.558 e. The number of hydrogen-bond acceptors (Lipinski definition) is 4. The Kier molecular flexibility index (Phi) is 2.06. The van der Waals surface area contributed by atoms with Gasteiger partial charge >= 0.3 is 7.12 Å². The summed E-state index contributed by atoms with van der Waals surface area (Å²) in [6.45, 7) is 0. The van der Waals surface area contributed by atoms with Crippen LogP contribution in [-0.2, 0) is 4.81 Å². The third-order valence-corrected chi connectivity index (χ3v) is 1.79. The number of para-hydroxylation sites is 1. The Morgan fingerprint density at radius 3 is 2.77 bits per heavy atom. The van der Waals surface area contributed by atoms with E-state index in [1.54, 1.807) is 12.1 Å². The van der Waals surface area contributed by atoms with Crippen LogP contribution < -0.4 is 5.66 Å². The van der Waals surface area contributed by atoms with Crippen molar-refractivity contribution in [2.24, 2.45) is 0 Å². The smallest absolute Gasteiger partial charge is 0.465 e. The van der Waals surface area contributed by atoms with Gasteiger partial charge in [-0.15, -0.1) is 0 Å². The standard InChI is InChI=1S/C8H7BO4/c10-9(13-11)8-5-6-3-1-2-4-7(6)12-8/h1-5,10-11H. The molecule has 0 unspecified atom stereocenters. The van der Waals surface area contributed by atoms with E-state index in [1.165, 1.54) is 0 Å². The van der Waals surface area contributed by atoms with Gasteiger partial charge in [-0.2, -0.15) is 0 Å². The van der Waals surface area contributed by atoms with Crippen molar-refractivity contribution in [1.29, 1.82) is 0 Å². The third-order valence-electron chi connectivity index (χ3n) is 1.79. The molecule has 1 aromatic heterocycles. The number of rotatable bonds is 2. The van der Waals surface area contributed by atoms with Crippen molar-refractivity contribution < 1.29 is 19.5 Å². The lowest BCUT2D eigenvalue weighted by molar-refractivity contribution is -0.155. The second-order valence-corrected chi connectivity index (χ2v) is 2.64. The Morgan fingerprint density at radius 2 is 2.08 bits per heavy atom. The van der Waals surface area contributed by atoms with Crippen LogP contribution in [0.2, 0.25) is 0 Å². The van der Waals surface area contributed by atoms with Gasteiger partial charge in [-0.05, 0) is 12.1 Å². The molecule has 4 nitrogen and oxygen atoms in total. The van der Waals surface area contributed by atoms with E-state index in [-0.39, 0.29) is 5.66 Å². The van der Waals surface area contributed by atoms with Gasteiger partial charge in [0, 0.05) is 5.39 Å². The maximum absolute atomic E-state index is 9.06. The minimum atomic E-state index is -1.42. The Hall–Kier alpha value is -1.30. The highest BCUT2D eigenvalue weighted by Crippen LogP contribution is 2.12. The highest BCUT2D eigenvalue weighted by molar-refractivity contribution is 6.58. The second kappa shape index (κ2) is 3.22. The predicted octanol–water partition coefficient (Wildman–Crippen LogP) is 0.610. The molecule has 13 heavy (non-hydrogen) atoms. The zero-order valence-corrected chi connectivity index (χ0v) is 6.68. The lowest BCUT2D eigenvalue weighted by atomic mass is 9.87. The molecule has 2 aromatic rings. The number of benzene rings is 1. The highest BCUT2D eigenvalue weighted by atomic mass is 17.1. The molecular formula is C8H7BO4. The molecule has 66 valence electrons. The van der Waals surface area contributed by atoms with E-state index >= 15 is 0 Å². The summed E-state index contributed by atoms with van der Waals surface area (Å²) >= 11 is 0. The van der Waals surface area contributed by atoms with E-state index in [0.29, 0.717) is 5.58 Å². The molecular weight excluding hydrogens is 171 g/mol. The fraction of sp³-hybridized carbons (Fsp3) is 0. The summed E-state index contributed by atoms with van der Waals surface area (Å²) < 4.78 is 5.19. The molecule has 0 amide bonds. The molecule has 5 heteroatoms. The summed E-state index contributed by atoms with van der Waals surface area (Å²) in [5, 5.41) is 18.1. The first-order valence-electron chi connectivity index (χ1n) is 3.78. The molecule has 0 fully saturated rings. The van der Waals surface area contributed by atoms with Crippen LogP contribution in [-0.4, -0.2) is 17.4 Å². The van der Waals surface area contributed by atoms with Gasteiger partial charge in [0.25, 0.3) is 0 Å². The first kappa shape index (κ1) is 8.31. The number of hydrogen-bond donors (Lipinski definition) is 2. The van der Waals surface area contributed by atoms with Gasteiger partial charge in [0.05, 0.1) is 0 Å². The fourth-order valence-electron chi connectivity index (χ4n) is 1.18. The summed E-state index contributed by atoms with van der Waals surface area (Å²) in [5.74, 6) is 0. The van der Waals surface area contributed by atoms with Crippen LogP contribution >= 0.6 is 0 Å². The van der Waals surface area contributed by atoms with Gasteiger partial charge < -0.3 is 9.44 Å². The summed E-state index contributed by atoms with van der Waals surface area (Å²) in [6, 6.07) is 8.89. The Balaban J connectivity index is 2.49. The van der Waals surface area contributed by atoms with Gasteiger partial charge in [-0.1, -0.05) is 18.2 Å². The van der Waals surface area contributed by atoms with Gasteiger partial charge in [-0.3, -0.25) is 10.1 Å². The minimum absolute atomic E-state index is 0.184. The van der Waals surface area contributed by atoms with Crippen molar-refractivity contribution >= 4 is 23.7 Å². The maximum Gasteiger partial charge on any atom is 0.558 e. The van der Waals surface area contributed by atoms with Crippen LogP contribution in [0.5, 0.6) is 0 Å². The first-order chi connectivity index (χ1) is 6.31. The number of fused-ring (bicyclic) bond motifs is 1. The van der Waals surface area contributed by atoms with E-state index in [4.69, 9.17) is 14.7 Å². The molecule has 2 N–H and O–H groups in total. The molecule has 0 saturated carbocycles. The third kappa shape index (κ3) is 1.44. The topological polar surface area (TPSA) is 62.8 Å². The molecule has 2 rings (SSSR count). The van der Waals surface area contributed by atoms with Crippen molar-refractivity contribution in [3.63, 3.8) is 0 Å².